The number of aromatic amines is 1. The summed E-state index contributed by atoms with van der Waals surface area (Å²) in [6, 6.07) is 11.6. The van der Waals surface area contributed by atoms with Crippen molar-refractivity contribution in [3.63, 3.8) is 0 Å². The Bertz CT molecular complexity index is 1040. The summed E-state index contributed by atoms with van der Waals surface area (Å²) in [4.78, 5) is 38.8. The Labute approximate surface area is 143 Å². The van der Waals surface area contributed by atoms with Crippen LogP contribution in [-0.4, -0.2) is 24.0 Å². The Hall–Kier alpha value is -3.41. The molecule has 0 saturated heterocycles. The van der Waals surface area contributed by atoms with E-state index in [1.807, 2.05) is 0 Å². The number of methoxy groups -OCH3 is 1. The largest absolute Gasteiger partial charge is 0.465 e. The highest BCUT2D eigenvalue weighted by Crippen LogP contribution is 2.21. The van der Waals surface area contributed by atoms with Crippen LogP contribution in [0.4, 0.5) is 5.69 Å². The summed E-state index contributed by atoms with van der Waals surface area (Å²) in [5.41, 5.74) is 1.71. The van der Waals surface area contributed by atoms with E-state index in [4.69, 9.17) is 4.74 Å². The van der Waals surface area contributed by atoms with Gasteiger partial charge in [0.15, 0.2) is 0 Å². The van der Waals surface area contributed by atoms with Gasteiger partial charge in [-0.2, -0.15) is 0 Å². The highest BCUT2D eigenvalue weighted by Gasteiger charge is 2.14. The van der Waals surface area contributed by atoms with Gasteiger partial charge in [-0.3, -0.25) is 9.59 Å². The van der Waals surface area contributed by atoms with Crippen LogP contribution in [0.25, 0.3) is 10.8 Å². The van der Waals surface area contributed by atoms with Gasteiger partial charge >= 0.3 is 5.97 Å². The van der Waals surface area contributed by atoms with E-state index >= 15 is 0 Å². The summed E-state index contributed by atoms with van der Waals surface area (Å²) in [5, 5.41) is 3.92. The van der Waals surface area contributed by atoms with Crippen molar-refractivity contribution in [3.8, 4) is 0 Å². The van der Waals surface area contributed by atoms with E-state index in [0.717, 1.165) is 5.56 Å². The van der Waals surface area contributed by atoms with Crippen LogP contribution < -0.4 is 10.9 Å². The van der Waals surface area contributed by atoms with Gasteiger partial charge in [0.25, 0.3) is 11.5 Å². The quantitative estimate of drug-likeness (QED) is 0.720. The van der Waals surface area contributed by atoms with Crippen LogP contribution in [0, 0.1) is 6.92 Å². The molecule has 0 saturated carbocycles. The second-order valence-electron chi connectivity index (χ2n) is 5.61. The van der Waals surface area contributed by atoms with Crippen molar-refractivity contribution >= 4 is 28.3 Å². The maximum atomic E-state index is 12.6. The number of carbonyl (C=O) groups excluding carboxylic acids is 2. The molecule has 0 fully saturated rings. The number of ether oxygens (including phenoxy) is 1. The van der Waals surface area contributed by atoms with Crippen LogP contribution in [0.2, 0.25) is 0 Å². The second kappa shape index (κ2) is 6.60. The third-order valence-corrected chi connectivity index (χ3v) is 3.82. The average Bonchev–Trinajstić information content (AvgIpc) is 2.61. The predicted molar refractivity (Wildman–Crippen MR) is 95.0 cm³/mol. The van der Waals surface area contributed by atoms with Crippen LogP contribution in [-0.2, 0) is 4.74 Å². The first-order valence-electron chi connectivity index (χ1n) is 7.61. The third-order valence-electron chi connectivity index (χ3n) is 3.82. The number of pyridine rings is 1. The molecular weight excluding hydrogens is 320 g/mol. The van der Waals surface area contributed by atoms with Gasteiger partial charge in [0.05, 0.1) is 12.7 Å². The van der Waals surface area contributed by atoms with Crippen molar-refractivity contribution in [2.45, 2.75) is 6.92 Å². The Kier molecular flexibility index (Phi) is 4.35. The monoisotopic (exact) mass is 336 g/mol. The molecule has 1 heterocycles. The summed E-state index contributed by atoms with van der Waals surface area (Å²) in [5.74, 6) is -0.879. The number of fused-ring (bicyclic) bond motifs is 1. The van der Waals surface area contributed by atoms with E-state index in [1.54, 1.807) is 43.3 Å². The third kappa shape index (κ3) is 3.28. The molecule has 25 heavy (non-hydrogen) atoms. The Morgan fingerprint density at radius 3 is 2.56 bits per heavy atom. The van der Waals surface area contributed by atoms with Crippen molar-refractivity contribution in [1.29, 1.82) is 0 Å². The van der Waals surface area contributed by atoms with Crippen LogP contribution in [0.3, 0.4) is 0 Å². The number of amides is 1. The summed E-state index contributed by atoms with van der Waals surface area (Å²) in [6.07, 6.45) is 1.53. The lowest BCUT2D eigenvalue weighted by Gasteiger charge is -2.10. The van der Waals surface area contributed by atoms with E-state index in [1.165, 1.54) is 19.4 Å². The van der Waals surface area contributed by atoms with Gasteiger partial charge in [-0.15, -0.1) is 0 Å². The van der Waals surface area contributed by atoms with Crippen molar-refractivity contribution in [1.82, 2.24) is 4.98 Å². The lowest BCUT2D eigenvalue weighted by molar-refractivity contribution is 0.0600. The van der Waals surface area contributed by atoms with Gasteiger partial charge in [-0.25, -0.2) is 4.79 Å². The van der Waals surface area contributed by atoms with Gasteiger partial charge in [-0.05, 0) is 48.9 Å². The zero-order valence-corrected chi connectivity index (χ0v) is 13.8. The summed E-state index contributed by atoms with van der Waals surface area (Å²) in [7, 11) is 1.29. The summed E-state index contributed by atoms with van der Waals surface area (Å²) < 4.78 is 4.71. The number of esters is 1. The number of H-pyrrole nitrogens is 1. The fourth-order valence-corrected chi connectivity index (χ4v) is 2.67. The number of carbonyl (C=O) groups is 2. The highest BCUT2D eigenvalue weighted by molar-refractivity contribution is 6.09. The molecule has 1 aromatic heterocycles. The number of rotatable bonds is 3. The van der Waals surface area contributed by atoms with Crippen LogP contribution in [0.5, 0.6) is 0 Å². The van der Waals surface area contributed by atoms with E-state index in [0.29, 0.717) is 27.6 Å². The van der Waals surface area contributed by atoms with E-state index in [-0.39, 0.29) is 11.5 Å². The zero-order valence-electron chi connectivity index (χ0n) is 13.8. The molecule has 6 heteroatoms. The minimum Gasteiger partial charge on any atom is -0.465 e. The summed E-state index contributed by atoms with van der Waals surface area (Å²) in [6.45, 7) is 1.79. The maximum absolute atomic E-state index is 12.6. The highest BCUT2D eigenvalue weighted by atomic mass is 16.5. The number of hydrogen-bond acceptors (Lipinski definition) is 4. The van der Waals surface area contributed by atoms with Crippen LogP contribution in [0.1, 0.15) is 26.3 Å². The van der Waals surface area contributed by atoms with Gasteiger partial charge in [0, 0.05) is 28.2 Å². The van der Waals surface area contributed by atoms with E-state index in [2.05, 4.69) is 10.3 Å². The SMILES string of the molecule is COC(=O)c1cc(C)cc(C(=O)Nc2cccc3c(=O)[nH]ccc23)c1. The number of aromatic nitrogens is 1. The van der Waals surface area contributed by atoms with Crippen LogP contribution in [0.15, 0.2) is 53.5 Å². The predicted octanol–water partition coefficient (Wildman–Crippen LogP) is 2.88. The van der Waals surface area contributed by atoms with E-state index < -0.39 is 5.97 Å². The second-order valence-corrected chi connectivity index (χ2v) is 5.61. The minimum atomic E-state index is -0.505. The zero-order chi connectivity index (χ0) is 18.0. The smallest absolute Gasteiger partial charge is 0.337 e. The van der Waals surface area contributed by atoms with Gasteiger partial charge < -0.3 is 15.0 Å². The normalized spacial score (nSPS) is 10.5. The van der Waals surface area contributed by atoms with E-state index in [9.17, 15) is 14.4 Å². The lowest BCUT2D eigenvalue weighted by atomic mass is 10.1. The fourth-order valence-electron chi connectivity index (χ4n) is 2.67. The molecule has 0 atom stereocenters. The molecule has 0 spiro atoms. The number of benzene rings is 2. The lowest BCUT2D eigenvalue weighted by Crippen LogP contribution is -2.14. The molecule has 0 aliphatic rings. The molecule has 0 bridgehead atoms. The first kappa shape index (κ1) is 16.4. The average molecular weight is 336 g/mol. The van der Waals surface area contributed by atoms with Crippen molar-refractivity contribution < 1.29 is 14.3 Å². The molecule has 2 N–H and O–H groups in total. The molecule has 126 valence electrons. The number of hydrogen-bond donors (Lipinski definition) is 2. The molecule has 0 radical (unpaired) electrons. The molecule has 3 aromatic rings. The molecule has 0 aliphatic heterocycles. The van der Waals surface area contributed by atoms with Crippen molar-refractivity contribution in [3.05, 3.63) is 75.7 Å². The molecule has 3 rings (SSSR count). The fraction of sp³-hybridized carbons (Fsp3) is 0.105. The molecular formula is C19H16N2O4. The maximum Gasteiger partial charge on any atom is 0.337 e. The topological polar surface area (TPSA) is 88.3 Å². The number of aryl methyl sites for hydroxylation is 1. The van der Waals surface area contributed by atoms with Gasteiger partial charge in [0.1, 0.15) is 0 Å². The first-order valence-corrected chi connectivity index (χ1v) is 7.61. The molecule has 0 unspecified atom stereocenters. The van der Waals surface area contributed by atoms with Crippen molar-refractivity contribution in [2.24, 2.45) is 0 Å². The van der Waals surface area contributed by atoms with Crippen molar-refractivity contribution in [2.75, 3.05) is 12.4 Å². The Balaban J connectivity index is 1.99. The molecule has 1 amide bonds. The Morgan fingerprint density at radius 2 is 1.80 bits per heavy atom. The minimum absolute atomic E-state index is 0.225. The first-order chi connectivity index (χ1) is 12.0. The van der Waals surface area contributed by atoms with Gasteiger partial charge in [-0.1, -0.05) is 6.07 Å². The number of anilines is 1. The van der Waals surface area contributed by atoms with Gasteiger partial charge in [0.2, 0.25) is 0 Å². The van der Waals surface area contributed by atoms with Crippen LogP contribution >= 0.6 is 0 Å². The molecule has 0 aliphatic carbocycles. The summed E-state index contributed by atoms with van der Waals surface area (Å²) >= 11 is 0. The molecule has 6 nitrogen and oxygen atoms in total. The Morgan fingerprint density at radius 1 is 1.04 bits per heavy atom. The molecule has 2 aromatic carbocycles. The standard InChI is InChI=1S/C19H16N2O4/c1-11-8-12(10-13(9-11)19(24)25-2)17(22)21-16-5-3-4-15-14(16)6-7-20-18(15)23/h3-10H,1-2H3,(H,20,23)(H,21,22). The number of nitrogens with one attached hydrogen (secondary N) is 2.